The van der Waals surface area contributed by atoms with Crippen LogP contribution >= 0.6 is 0 Å². The first-order chi connectivity index (χ1) is 18.3. The zero-order valence-corrected chi connectivity index (χ0v) is 25.2. The number of aryl methyl sites for hydroxylation is 1. The van der Waals surface area contributed by atoms with Crippen LogP contribution in [0, 0.1) is 17.8 Å². The van der Waals surface area contributed by atoms with E-state index in [2.05, 4.69) is 20.9 Å². The van der Waals surface area contributed by atoms with Gasteiger partial charge in [-0.3, -0.25) is 24.0 Å². The Labute approximate surface area is 235 Å². The Morgan fingerprint density at radius 1 is 0.950 bits per heavy atom. The maximum absolute atomic E-state index is 13.4. The highest BCUT2D eigenvalue weighted by atomic mass is 16.4. The highest BCUT2D eigenvalue weighted by Crippen LogP contribution is 2.23. The standard InChI is InChI=1S/C29H43N5O6/c1-16-11-12-18-20(13-16)40-27(32-18)23(37)17(2)30-25(38)19(14-22(36)34(9)10)31-26(39)24(29(6,7)8)33-21(35)15-28(3,4)5/h11-13,17,19,24H,14-15H2,1-10H3,(H,30,38)(H,31,39)(H,33,35)/t17?,19-,24+/m0/s1. The van der Waals surface area contributed by atoms with E-state index in [0.29, 0.717) is 11.1 Å². The molecular weight excluding hydrogens is 514 g/mol. The second kappa shape index (κ2) is 12.6. The Kier molecular flexibility index (Phi) is 10.2. The number of amides is 4. The van der Waals surface area contributed by atoms with E-state index in [1.807, 2.05) is 33.8 Å². The molecule has 0 saturated heterocycles. The summed E-state index contributed by atoms with van der Waals surface area (Å²) in [5.41, 5.74) is 0.913. The summed E-state index contributed by atoms with van der Waals surface area (Å²) in [6.45, 7) is 14.5. The van der Waals surface area contributed by atoms with Crippen LogP contribution in [-0.4, -0.2) is 71.5 Å². The van der Waals surface area contributed by atoms with E-state index in [4.69, 9.17) is 4.42 Å². The smallest absolute Gasteiger partial charge is 0.266 e. The van der Waals surface area contributed by atoms with Crippen molar-refractivity contribution in [2.45, 2.75) is 86.4 Å². The van der Waals surface area contributed by atoms with E-state index in [-0.39, 0.29) is 30.1 Å². The number of nitrogens with one attached hydrogen (secondary N) is 3. The lowest BCUT2D eigenvalue weighted by atomic mass is 9.85. The maximum Gasteiger partial charge on any atom is 0.266 e. The molecule has 2 aromatic rings. The average Bonchev–Trinajstić information content (AvgIpc) is 3.22. The molecule has 11 nitrogen and oxygen atoms in total. The molecule has 1 heterocycles. The van der Waals surface area contributed by atoms with Gasteiger partial charge < -0.3 is 25.3 Å². The number of nitrogens with zero attached hydrogens (tertiary/aromatic N) is 2. The molecule has 1 aromatic carbocycles. The Morgan fingerprint density at radius 3 is 2.12 bits per heavy atom. The number of Topliss-reactive ketones (excluding diaryl/α,β-unsaturated/α-hetero) is 1. The highest BCUT2D eigenvalue weighted by Gasteiger charge is 2.37. The monoisotopic (exact) mass is 557 g/mol. The minimum absolute atomic E-state index is 0.160. The zero-order chi connectivity index (χ0) is 30.6. The number of hydrogen-bond donors (Lipinski definition) is 3. The first-order valence-corrected chi connectivity index (χ1v) is 13.3. The quantitative estimate of drug-likeness (QED) is 0.380. The van der Waals surface area contributed by atoms with Crippen molar-refractivity contribution in [2.24, 2.45) is 10.8 Å². The number of hydrogen-bond acceptors (Lipinski definition) is 7. The number of rotatable bonds is 10. The summed E-state index contributed by atoms with van der Waals surface area (Å²) < 4.78 is 5.59. The van der Waals surface area contributed by atoms with Gasteiger partial charge in [-0.1, -0.05) is 47.6 Å². The molecule has 3 N–H and O–H groups in total. The minimum atomic E-state index is -1.30. The van der Waals surface area contributed by atoms with Crippen LogP contribution in [0.15, 0.2) is 22.6 Å². The van der Waals surface area contributed by atoms with Gasteiger partial charge in [0.2, 0.25) is 29.4 Å². The summed E-state index contributed by atoms with van der Waals surface area (Å²) in [5.74, 6) is -2.78. The molecule has 0 fully saturated rings. The van der Waals surface area contributed by atoms with Gasteiger partial charge in [-0.2, -0.15) is 0 Å². The number of oxazole rings is 1. The summed E-state index contributed by atoms with van der Waals surface area (Å²) in [5, 5.41) is 7.98. The normalized spacial score (nSPS) is 14.2. The van der Waals surface area contributed by atoms with Crippen LogP contribution < -0.4 is 16.0 Å². The summed E-state index contributed by atoms with van der Waals surface area (Å²) in [4.78, 5) is 70.4. The first kappa shape index (κ1) is 32.5. The van der Waals surface area contributed by atoms with Gasteiger partial charge in [0.1, 0.15) is 17.6 Å². The third kappa shape index (κ3) is 9.17. The van der Waals surface area contributed by atoms with E-state index in [1.54, 1.807) is 32.9 Å². The number of fused-ring (bicyclic) bond motifs is 1. The van der Waals surface area contributed by atoms with Gasteiger partial charge in [0.25, 0.3) is 5.89 Å². The van der Waals surface area contributed by atoms with Crippen molar-refractivity contribution in [3.63, 3.8) is 0 Å². The SMILES string of the molecule is Cc1ccc2nc(C(=O)C(C)NC(=O)[C@H](CC(=O)N(C)C)NC(=O)[C@@H](NC(=O)CC(C)(C)C)C(C)(C)C)oc2c1. The molecule has 40 heavy (non-hydrogen) atoms. The predicted octanol–water partition coefficient (Wildman–Crippen LogP) is 2.75. The van der Waals surface area contributed by atoms with Crippen LogP contribution in [0.2, 0.25) is 0 Å². The molecule has 0 aliphatic heterocycles. The van der Waals surface area contributed by atoms with Crippen molar-refractivity contribution in [2.75, 3.05) is 14.1 Å². The summed E-state index contributed by atoms with van der Waals surface area (Å²) in [6, 6.07) is 2.00. The molecule has 0 bridgehead atoms. The molecule has 0 saturated carbocycles. The number of carbonyl (C=O) groups excluding carboxylic acids is 5. The lowest BCUT2D eigenvalue weighted by Gasteiger charge is -2.32. The van der Waals surface area contributed by atoms with Gasteiger partial charge in [-0.25, -0.2) is 4.98 Å². The summed E-state index contributed by atoms with van der Waals surface area (Å²) in [6.07, 6.45) is -0.147. The van der Waals surface area contributed by atoms with Gasteiger partial charge in [-0.15, -0.1) is 0 Å². The van der Waals surface area contributed by atoms with Crippen LogP contribution in [0.4, 0.5) is 0 Å². The Hall–Kier alpha value is -3.76. The van der Waals surface area contributed by atoms with Gasteiger partial charge in [0.15, 0.2) is 5.58 Å². The van der Waals surface area contributed by atoms with Crippen molar-refractivity contribution in [3.8, 4) is 0 Å². The molecule has 220 valence electrons. The highest BCUT2D eigenvalue weighted by molar-refractivity contribution is 6.01. The third-order valence-electron chi connectivity index (χ3n) is 6.14. The predicted molar refractivity (Wildman–Crippen MR) is 151 cm³/mol. The van der Waals surface area contributed by atoms with Gasteiger partial charge in [-0.05, 0) is 42.4 Å². The first-order valence-electron chi connectivity index (χ1n) is 13.3. The van der Waals surface area contributed by atoms with E-state index < -0.39 is 47.0 Å². The van der Waals surface area contributed by atoms with Gasteiger partial charge >= 0.3 is 0 Å². The van der Waals surface area contributed by atoms with Crippen LogP contribution in [0.5, 0.6) is 0 Å². The molecule has 0 radical (unpaired) electrons. The second-order valence-electron chi connectivity index (χ2n) is 12.7. The van der Waals surface area contributed by atoms with Crippen LogP contribution in [0.25, 0.3) is 11.1 Å². The van der Waals surface area contributed by atoms with E-state index in [0.717, 1.165) is 5.56 Å². The number of carbonyl (C=O) groups is 5. The fourth-order valence-electron chi connectivity index (χ4n) is 3.89. The number of aromatic nitrogens is 1. The van der Waals surface area contributed by atoms with Crippen molar-refractivity contribution < 1.29 is 28.4 Å². The fourth-order valence-corrected chi connectivity index (χ4v) is 3.89. The molecule has 3 atom stereocenters. The molecule has 0 aliphatic carbocycles. The number of ketones is 1. The largest absolute Gasteiger partial charge is 0.434 e. The second-order valence-corrected chi connectivity index (χ2v) is 12.7. The summed E-state index contributed by atoms with van der Waals surface area (Å²) >= 11 is 0. The van der Waals surface area contributed by atoms with Crippen molar-refractivity contribution in [3.05, 3.63) is 29.7 Å². The Bertz CT molecular complexity index is 1270. The van der Waals surface area contributed by atoms with Crippen LogP contribution in [0.3, 0.4) is 0 Å². The van der Waals surface area contributed by atoms with Crippen molar-refractivity contribution in [1.29, 1.82) is 0 Å². The van der Waals surface area contributed by atoms with Gasteiger partial charge in [0, 0.05) is 20.5 Å². The topological polar surface area (TPSA) is 151 Å². The molecule has 11 heteroatoms. The lowest BCUT2D eigenvalue weighted by molar-refractivity contribution is -0.137. The maximum atomic E-state index is 13.4. The van der Waals surface area contributed by atoms with Crippen LogP contribution in [0.1, 0.15) is 77.6 Å². The minimum Gasteiger partial charge on any atom is -0.434 e. The molecule has 4 amide bonds. The zero-order valence-electron chi connectivity index (χ0n) is 25.2. The molecule has 0 aliphatic rings. The van der Waals surface area contributed by atoms with E-state index >= 15 is 0 Å². The third-order valence-corrected chi connectivity index (χ3v) is 6.14. The lowest BCUT2D eigenvalue weighted by Crippen LogP contribution is -2.59. The van der Waals surface area contributed by atoms with Gasteiger partial charge in [0.05, 0.1) is 12.5 Å². The van der Waals surface area contributed by atoms with Crippen LogP contribution in [-0.2, 0) is 19.2 Å². The Morgan fingerprint density at radius 2 is 1.57 bits per heavy atom. The fraction of sp³-hybridized carbons (Fsp3) is 0.586. The summed E-state index contributed by atoms with van der Waals surface area (Å²) in [7, 11) is 3.07. The molecular formula is C29H43N5O6. The average molecular weight is 558 g/mol. The molecule has 2 rings (SSSR count). The number of benzene rings is 1. The van der Waals surface area contributed by atoms with E-state index in [1.165, 1.54) is 25.9 Å². The molecule has 0 spiro atoms. The Balaban J connectivity index is 2.23. The van der Waals surface area contributed by atoms with Crippen molar-refractivity contribution >= 4 is 40.5 Å². The van der Waals surface area contributed by atoms with Crippen molar-refractivity contribution in [1.82, 2.24) is 25.8 Å². The molecule has 1 aromatic heterocycles. The molecule has 1 unspecified atom stereocenters. The van der Waals surface area contributed by atoms with E-state index in [9.17, 15) is 24.0 Å².